The number of esters is 1. The van der Waals surface area contributed by atoms with E-state index in [1.165, 1.54) is 48.5 Å². The number of carbonyl (C=O) groups excluding carboxylic acids is 7. The highest BCUT2D eigenvalue weighted by molar-refractivity contribution is 7.83. The van der Waals surface area contributed by atoms with Crippen LogP contribution in [-0.4, -0.2) is 138 Å². The number of fused-ring (bicyclic) bond motifs is 3. The number of Topliss-reactive ketones (excluding diaryl/α,β-unsaturated/α-hetero) is 1. The second-order valence-electron chi connectivity index (χ2n) is 16.1. The van der Waals surface area contributed by atoms with Crippen LogP contribution in [0.5, 0.6) is 5.75 Å². The molecular weight excluding hydrogens is 875 g/mol. The first-order chi connectivity index (χ1) is 30.3. The minimum Gasteiger partial charge on any atom is -0.508 e. The van der Waals surface area contributed by atoms with Crippen molar-refractivity contribution < 1.29 is 61.1 Å². The Morgan fingerprint density at radius 2 is 1.75 bits per heavy atom. The molecule has 5 amide bonds. The molecule has 0 saturated carbocycles. The smallest absolute Gasteiger partial charge is 0.334 e. The van der Waals surface area contributed by atoms with E-state index in [0.29, 0.717) is 35.5 Å². The van der Waals surface area contributed by atoms with Gasteiger partial charge in [-0.1, -0.05) is 32.4 Å². The lowest BCUT2D eigenvalue weighted by Gasteiger charge is -2.32. The molecule has 2 saturated heterocycles. The molecule has 0 spiro atoms. The van der Waals surface area contributed by atoms with Crippen LogP contribution in [-0.2, 0) is 59.8 Å². The molecule has 0 unspecified atom stereocenters. The third kappa shape index (κ3) is 12.8. The molecule has 348 valence electrons. The van der Waals surface area contributed by atoms with Gasteiger partial charge in [0.05, 0.1) is 24.4 Å². The number of nitrogens with one attached hydrogen (secondary N) is 4. The molecule has 2 fully saturated rings. The van der Waals surface area contributed by atoms with Gasteiger partial charge in [-0.2, -0.15) is 13.1 Å². The fourth-order valence-electron chi connectivity index (χ4n) is 7.82. The van der Waals surface area contributed by atoms with Crippen molar-refractivity contribution in [3.05, 3.63) is 63.1 Å². The number of ketones is 1. The number of aromatic nitrogens is 1. The van der Waals surface area contributed by atoms with Gasteiger partial charge in [-0.25, -0.2) is 9.78 Å². The lowest BCUT2D eigenvalue weighted by Crippen LogP contribution is -2.60. The number of allylic oxidation sites excluding steroid dienone is 2. The highest BCUT2D eigenvalue weighted by atomic mass is 32.2. The number of cyclic esters (lactones) is 1. The van der Waals surface area contributed by atoms with Crippen molar-refractivity contribution in [3.8, 4) is 5.75 Å². The number of ether oxygens (including phenoxy) is 2. The molecule has 3 aliphatic rings. The fourth-order valence-corrected chi connectivity index (χ4v) is 9.17. The summed E-state index contributed by atoms with van der Waals surface area (Å²) in [6.07, 6.45) is 4.76. The van der Waals surface area contributed by atoms with Crippen LogP contribution in [0, 0.1) is 5.92 Å². The molecule has 1 aromatic heterocycles. The summed E-state index contributed by atoms with van der Waals surface area (Å²) in [5.41, 5.74) is 1.92. The maximum absolute atomic E-state index is 14.5. The Morgan fingerprint density at radius 3 is 2.42 bits per heavy atom. The number of likely N-dealkylation sites (tertiary alicyclic amines) is 1. The largest absolute Gasteiger partial charge is 0.508 e. The van der Waals surface area contributed by atoms with Gasteiger partial charge in [-0.3, -0.25) is 33.3 Å². The van der Waals surface area contributed by atoms with Crippen molar-refractivity contribution in [2.75, 3.05) is 33.4 Å². The average Bonchev–Trinajstić information content (AvgIpc) is 4.05. The Hall–Kier alpha value is -5.55. The van der Waals surface area contributed by atoms with Gasteiger partial charge in [0.25, 0.3) is 5.91 Å². The highest BCUT2D eigenvalue weighted by Gasteiger charge is 2.43. The normalized spacial score (nSPS) is 25.7. The maximum Gasteiger partial charge on any atom is 0.334 e. The van der Waals surface area contributed by atoms with Crippen LogP contribution in [0.25, 0.3) is 6.08 Å². The minimum atomic E-state index is -4.86. The molecule has 20 nitrogen and oxygen atoms in total. The van der Waals surface area contributed by atoms with Crippen LogP contribution in [0.3, 0.4) is 0 Å². The summed E-state index contributed by atoms with van der Waals surface area (Å²) in [6.45, 7) is 5.62. The quantitative estimate of drug-likeness (QED) is 0.105. The number of amides is 5. The van der Waals surface area contributed by atoms with Crippen molar-refractivity contribution in [1.82, 2.24) is 35.5 Å². The predicted octanol–water partition coefficient (Wildman–Crippen LogP) is 1.13. The molecule has 4 heterocycles. The number of nitrogens with zero attached hydrogens (tertiary/aromatic N) is 3. The van der Waals surface area contributed by atoms with Gasteiger partial charge in [0.1, 0.15) is 41.5 Å². The molecule has 2 aromatic rings. The van der Waals surface area contributed by atoms with Gasteiger partial charge in [0.2, 0.25) is 29.4 Å². The van der Waals surface area contributed by atoms with Crippen LogP contribution in [0.15, 0.2) is 46.9 Å². The van der Waals surface area contributed by atoms with Gasteiger partial charge in [-0.05, 0) is 87.3 Å². The summed E-state index contributed by atoms with van der Waals surface area (Å²) in [6, 6.07) is -1.27. The number of aromatic hydroxyl groups is 1. The first-order valence-corrected chi connectivity index (χ1v) is 23.2. The summed E-state index contributed by atoms with van der Waals surface area (Å²) in [5.74, 6) is -6.43. The van der Waals surface area contributed by atoms with Crippen LogP contribution >= 0.6 is 11.3 Å². The van der Waals surface area contributed by atoms with Gasteiger partial charge in [-0.15, -0.1) is 11.3 Å². The SMILES string of the molecule is CC[C@@H](C)[C@@H]1NC(=O)[C@@H]2CCCN2C(=O)[C@@H](NC(=O)[C@@H]2CCCN2C(=O)[C@@H](COC)NS(=O)(=O)O)COC(=O)/C(C)=C\C(C)=C\c2csc(n2)[C@H](Cc2ccc(O)cc2)NC(=O)C1=O. The van der Waals surface area contributed by atoms with Crippen molar-refractivity contribution in [2.24, 2.45) is 5.92 Å². The monoisotopic (exact) mass is 929 g/mol. The molecule has 64 heavy (non-hydrogen) atoms. The minimum absolute atomic E-state index is 0.0263. The Bertz CT molecular complexity index is 2260. The number of carbonyl (C=O) groups is 7. The number of rotatable bonds is 11. The Balaban J connectivity index is 1.48. The molecule has 3 aliphatic heterocycles. The van der Waals surface area contributed by atoms with E-state index in [-0.39, 0.29) is 43.7 Å². The van der Waals surface area contributed by atoms with E-state index in [9.17, 15) is 51.6 Å². The van der Waals surface area contributed by atoms with E-state index in [0.717, 1.165) is 10.5 Å². The van der Waals surface area contributed by atoms with E-state index in [1.807, 2.05) is 0 Å². The summed E-state index contributed by atoms with van der Waals surface area (Å²) in [4.78, 5) is 104. The Kier molecular flexibility index (Phi) is 16.9. The summed E-state index contributed by atoms with van der Waals surface area (Å²) in [5, 5.41) is 20.2. The van der Waals surface area contributed by atoms with Crippen LogP contribution < -0.4 is 20.7 Å². The first-order valence-electron chi connectivity index (χ1n) is 20.9. The van der Waals surface area contributed by atoms with E-state index in [1.54, 1.807) is 49.1 Å². The zero-order chi connectivity index (χ0) is 46.9. The fraction of sp³-hybridized carbons (Fsp3) is 0.524. The highest BCUT2D eigenvalue weighted by Crippen LogP contribution is 2.27. The first kappa shape index (κ1) is 49.5. The maximum atomic E-state index is 14.5. The van der Waals surface area contributed by atoms with Crippen molar-refractivity contribution in [2.45, 2.75) is 102 Å². The zero-order valence-electron chi connectivity index (χ0n) is 36.2. The van der Waals surface area contributed by atoms with E-state index >= 15 is 0 Å². The standard InChI is InChI=1S/C42H55N7O13S2/c1-6-24(3)34-35(51)38(54)44-29(19-26-11-13-28(50)14-12-26)39-43-27(22-63-39)18-23(2)17-25(4)42(57)62-21-30(40(55)48-15-8-10-33(48)37(53)46-34)45-36(52)32-9-7-16-49(32)41(56)31(20-61-5)47-64(58,59)60/h11-14,17-18,22,24,29-34,47,50H,6-10,15-16,19-21H2,1-5H3,(H,44,54)(H,45,52)(H,46,53)(H,58,59,60)/b23-18+,25-17-/t24-,29+,30+,31-,32+,33+,34+/m1/s1. The second kappa shape index (κ2) is 21.9. The number of phenolic OH excluding ortho intramolecular Hbond substituents is 1. The van der Waals surface area contributed by atoms with Gasteiger partial charge in [0.15, 0.2) is 0 Å². The van der Waals surface area contributed by atoms with Crippen LogP contribution in [0.1, 0.15) is 82.1 Å². The average molecular weight is 930 g/mol. The summed E-state index contributed by atoms with van der Waals surface area (Å²) < 4.78 is 45.0. The lowest BCUT2D eigenvalue weighted by molar-refractivity contribution is -0.149. The van der Waals surface area contributed by atoms with Crippen molar-refractivity contribution in [3.63, 3.8) is 0 Å². The predicted molar refractivity (Wildman–Crippen MR) is 231 cm³/mol. The lowest BCUT2D eigenvalue weighted by atomic mass is 9.94. The molecule has 0 aliphatic carbocycles. The Labute approximate surface area is 375 Å². The van der Waals surface area contributed by atoms with Crippen LogP contribution in [0.2, 0.25) is 0 Å². The third-order valence-electron chi connectivity index (χ3n) is 11.3. The van der Waals surface area contributed by atoms with Crippen molar-refractivity contribution >= 4 is 69.0 Å². The van der Waals surface area contributed by atoms with Crippen molar-refractivity contribution in [1.29, 1.82) is 0 Å². The summed E-state index contributed by atoms with van der Waals surface area (Å²) in [7, 11) is -3.64. The number of hydrogen-bond acceptors (Lipinski definition) is 14. The Morgan fingerprint density at radius 1 is 1.05 bits per heavy atom. The molecule has 5 rings (SSSR count). The van der Waals surface area contributed by atoms with E-state index in [4.69, 9.17) is 14.5 Å². The van der Waals surface area contributed by atoms with Crippen LogP contribution in [0.4, 0.5) is 0 Å². The number of thiazole rings is 1. The summed E-state index contributed by atoms with van der Waals surface area (Å²) >= 11 is 1.24. The topological polar surface area (TPSA) is 280 Å². The number of benzene rings is 1. The van der Waals surface area contributed by atoms with E-state index < -0.39 is 107 Å². The zero-order valence-corrected chi connectivity index (χ0v) is 37.8. The van der Waals surface area contributed by atoms with Gasteiger partial charge in [0, 0.05) is 31.2 Å². The molecule has 22 heteroatoms. The second-order valence-corrected chi connectivity index (χ2v) is 18.2. The molecule has 0 radical (unpaired) electrons. The van der Waals surface area contributed by atoms with E-state index in [2.05, 4.69) is 16.0 Å². The number of methoxy groups -OCH3 is 1. The van der Waals surface area contributed by atoms with Gasteiger partial charge >= 0.3 is 16.3 Å². The third-order valence-corrected chi connectivity index (χ3v) is 12.8. The molecule has 6 N–H and O–H groups in total. The molecule has 7 atom stereocenters. The molecule has 2 bridgehead atoms. The molecule has 1 aromatic carbocycles. The number of phenols is 1. The number of hydrogen-bond donors (Lipinski definition) is 6. The molecular formula is C42H55N7O13S2. The van der Waals surface area contributed by atoms with Gasteiger partial charge < -0.3 is 40.3 Å².